The molecule has 0 radical (unpaired) electrons. The molecule has 1 aromatic heterocycles. The van der Waals surface area contributed by atoms with Gasteiger partial charge >= 0.3 is 6.03 Å². The van der Waals surface area contributed by atoms with Crippen molar-refractivity contribution in [1.29, 1.82) is 0 Å². The zero-order valence-corrected chi connectivity index (χ0v) is 30.3. The molecule has 2 fully saturated rings. The summed E-state index contributed by atoms with van der Waals surface area (Å²) in [6, 6.07) is 23.9. The topological polar surface area (TPSA) is 97.7 Å². The number of hydrogen-bond donors (Lipinski definition) is 2. The molecule has 0 saturated carbocycles. The van der Waals surface area contributed by atoms with E-state index >= 15 is 0 Å². The standard InChI is InChI=1S/C41H51N5O4/c1-7-8-21-50-36-25-30(13-20-35(36)49-6)39(47)45-33-18-19-34(45)24-29(23-33)22-28-11-14-31(15-12-28)42-40(48)43-38-26-37(41(3,4)5)44-46(38)32-16-9-27(2)10-17-32/h9-17,20,25-26,29,33-34H,7-8,18-19,21-24H2,1-6H3,(H2,42,43,48). The lowest BCUT2D eigenvalue weighted by Crippen LogP contribution is -2.46. The molecule has 264 valence electrons. The number of nitrogens with zero attached hydrogens (tertiary/aromatic N) is 3. The average Bonchev–Trinajstić information content (AvgIpc) is 3.63. The molecule has 0 spiro atoms. The Kier molecular flexibility index (Phi) is 10.5. The van der Waals surface area contributed by atoms with E-state index in [1.165, 1.54) is 5.56 Å². The first kappa shape index (κ1) is 35.1. The van der Waals surface area contributed by atoms with E-state index in [0.717, 1.165) is 67.6 Å². The minimum absolute atomic E-state index is 0.0872. The largest absolute Gasteiger partial charge is 0.493 e. The number of aromatic nitrogens is 2. The molecule has 3 aromatic carbocycles. The monoisotopic (exact) mass is 677 g/mol. The van der Waals surface area contributed by atoms with Crippen molar-refractivity contribution in [1.82, 2.24) is 14.7 Å². The quantitative estimate of drug-likeness (QED) is 0.155. The fourth-order valence-corrected chi connectivity index (χ4v) is 7.24. The van der Waals surface area contributed by atoms with Crippen LogP contribution in [0, 0.1) is 12.8 Å². The van der Waals surface area contributed by atoms with Crippen LogP contribution >= 0.6 is 0 Å². The Morgan fingerprint density at radius 3 is 2.24 bits per heavy atom. The summed E-state index contributed by atoms with van der Waals surface area (Å²) in [6.45, 7) is 11.1. The Balaban J connectivity index is 1.06. The van der Waals surface area contributed by atoms with Gasteiger partial charge in [0.2, 0.25) is 0 Å². The SMILES string of the molecule is CCCCOc1cc(C(=O)N2C3CCC2CC(Cc2ccc(NC(=O)Nc4cc(C(C)(C)C)nn4-c4ccc(C)cc4)cc2)C3)ccc1OC. The zero-order valence-electron chi connectivity index (χ0n) is 30.3. The highest BCUT2D eigenvalue weighted by Gasteiger charge is 2.43. The maximum Gasteiger partial charge on any atom is 0.324 e. The van der Waals surface area contributed by atoms with E-state index in [1.54, 1.807) is 11.8 Å². The Labute approximate surface area is 296 Å². The van der Waals surface area contributed by atoms with Crippen molar-refractivity contribution in [2.45, 2.75) is 97.1 Å². The predicted octanol–water partition coefficient (Wildman–Crippen LogP) is 8.94. The van der Waals surface area contributed by atoms with Crippen LogP contribution in [0.5, 0.6) is 11.5 Å². The molecular formula is C41H51N5O4. The zero-order chi connectivity index (χ0) is 35.4. The summed E-state index contributed by atoms with van der Waals surface area (Å²) in [5.41, 5.74) is 5.38. The second-order valence-electron chi connectivity index (χ2n) is 14.9. The number of rotatable bonds is 11. The number of fused-ring (bicyclic) bond motifs is 2. The number of piperidine rings is 1. The summed E-state index contributed by atoms with van der Waals surface area (Å²) >= 11 is 0. The van der Waals surface area contributed by atoms with Gasteiger partial charge in [-0.3, -0.25) is 10.1 Å². The van der Waals surface area contributed by atoms with Gasteiger partial charge in [-0.15, -0.1) is 0 Å². The van der Waals surface area contributed by atoms with Crippen molar-refractivity contribution in [3.8, 4) is 17.2 Å². The van der Waals surface area contributed by atoms with Crippen LogP contribution in [0.1, 0.15) is 93.4 Å². The maximum absolute atomic E-state index is 13.8. The summed E-state index contributed by atoms with van der Waals surface area (Å²) in [6.07, 6.45) is 7.01. The number of benzene rings is 3. The summed E-state index contributed by atoms with van der Waals surface area (Å²) < 4.78 is 13.2. The number of urea groups is 1. The van der Waals surface area contributed by atoms with Crippen molar-refractivity contribution < 1.29 is 19.1 Å². The van der Waals surface area contributed by atoms with E-state index in [9.17, 15) is 9.59 Å². The minimum Gasteiger partial charge on any atom is -0.493 e. The van der Waals surface area contributed by atoms with Crippen LogP contribution in [0.25, 0.3) is 5.69 Å². The van der Waals surface area contributed by atoms with Gasteiger partial charge in [-0.05, 0) is 99.4 Å². The minimum atomic E-state index is -0.323. The van der Waals surface area contributed by atoms with E-state index in [2.05, 4.69) is 55.4 Å². The first-order chi connectivity index (χ1) is 24.0. The molecule has 3 heterocycles. The molecule has 6 rings (SSSR count). The summed E-state index contributed by atoms with van der Waals surface area (Å²) in [5.74, 6) is 2.49. The van der Waals surface area contributed by atoms with Crippen LogP contribution in [-0.4, -0.2) is 52.4 Å². The number of aryl methyl sites for hydroxylation is 1. The van der Waals surface area contributed by atoms with Crippen LogP contribution in [0.15, 0.2) is 72.8 Å². The molecule has 9 heteroatoms. The molecular weight excluding hydrogens is 626 g/mol. The molecule has 2 N–H and O–H groups in total. The molecule has 2 saturated heterocycles. The van der Waals surface area contributed by atoms with Gasteiger partial charge in [0, 0.05) is 34.8 Å². The number of unbranched alkanes of at least 4 members (excludes halogenated alkanes) is 1. The third-order valence-corrected chi connectivity index (χ3v) is 9.97. The van der Waals surface area contributed by atoms with Crippen LogP contribution in [-0.2, 0) is 11.8 Å². The Morgan fingerprint density at radius 2 is 1.60 bits per heavy atom. The number of anilines is 2. The molecule has 2 unspecified atom stereocenters. The number of carbonyl (C=O) groups is 2. The second-order valence-corrected chi connectivity index (χ2v) is 14.9. The van der Waals surface area contributed by atoms with Gasteiger partial charge in [0.1, 0.15) is 5.82 Å². The maximum atomic E-state index is 13.8. The second kappa shape index (κ2) is 15.0. The van der Waals surface area contributed by atoms with Gasteiger partial charge < -0.3 is 19.7 Å². The summed E-state index contributed by atoms with van der Waals surface area (Å²) in [5, 5.41) is 10.8. The van der Waals surface area contributed by atoms with Crippen LogP contribution in [0.2, 0.25) is 0 Å². The number of ether oxygens (including phenoxy) is 2. The molecule has 2 aliphatic heterocycles. The highest BCUT2D eigenvalue weighted by Crippen LogP contribution is 2.41. The highest BCUT2D eigenvalue weighted by molar-refractivity contribution is 5.99. The Hall–Kier alpha value is -4.79. The smallest absolute Gasteiger partial charge is 0.324 e. The number of amides is 3. The van der Waals surface area contributed by atoms with E-state index in [-0.39, 0.29) is 29.4 Å². The Morgan fingerprint density at radius 1 is 0.900 bits per heavy atom. The molecule has 2 atom stereocenters. The Bertz CT molecular complexity index is 1780. The van der Waals surface area contributed by atoms with Crippen molar-refractivity contribution in [3.63, 3.8) is 0 Å². The average molecular weight is 678 g/mol. The molecule has 0 aliphatic carbocycles. The number of carbonyl (C=O) groups excluding carboxylic acids is 2. The van der Waals surface area contributed by atoms with Gasteiger partial charge in [0.05, 0.1) is 25.1 Å². The lowest BCUT2D eigenvalue weighted by molar-refractivity contribution is 0.0524. The lowest BCUT2D eigenvalue weighted by atomic mass is 9.85. The lowest BCUT2D eigenvalue weighted by Gasteiger charge is -2.39. The van der Waals surface area contributed by atoms with Crippen molar-refractivity contribution in [2.75, 3.05) is 24.4 Å². The third kappa shape index (κ3) is 7.98. The van der Waals surface area contributed by atoms with Crippen LogP contribution < -0.4 is 20.1 Å². The summed E-state index contributed by atoms with van der Waals surface area (Å²) in [7, 11) is 1.63. The summed E-state index contributed by atoms with van der Waals surface area (Å²) in [4.78, 5) is 29.1. The van der Waals surface area contributed by atoms with E-state index in [1.807, 2.05) is 67.6 Å². The van der Waals surface area contributed by atoms with Gasteiger partial charge in [0.25, 0.3) is 5.91 Å². The highest BCUT2D eigenvalue weighted by atomic mass is 16.5. The predicted molar refractivity (Wildman–Crippen MR) is 199 cm³/mol. The number of hydrogen-bond acceptors (Lipinski definition) is 5. The normalized spacial score (nSPS) is 18.5. The molecule has 2 bridgehead atoms. The van der Waals surface area contributed by atoms with E-state index < -0.39 is 0 Å². The van der Waals surface area contributed by atoms with Crippen molar-refractivity contribution >= 4 is 23.4 Å². The van der Waals surface area contributed by atoms with Gasteiger partial charge in [-0.25, -0.2) is 9.48 Å². The first-order valence-electron chi connectivity index (χ1n) is 18.0. The number of methoxy groups -OCH3 is 1. The van der Waals surface area contributed by atoms with Crippen LogP contribution in [0.3, 0.4) is 0 Å². The molecule has 9 nitrogen and oxygen atoms in total. The van der Waals surface area contributed by atoms with Gasteiger partial charge in [0.15, 0.2) is 11.5 Å². The molecule has 50 heavy (non-hydrogen) atoms. The number of nitrogens with one attached hydrogen (secondary N) is 2. The van der Waals surface area contributed by atoms with Gasteiger partial charge in [-0.1, -0.05) is 63.9 Å². The fourth-order valence-electron chi connectivity index (χ4n) is 7.24. The molecule has 3 amide bonds. The van der Waals surface area contributed by atoms with Crippen molar-refractivity contribution in [2.24, 2.45) is 5.92 Å². The van der Waals surface area contributed by atoms with Gasteiger partial charge in [-0.2, -0.15) is 5.10 Å². The van der Waals surface area contributed by atoms with Crippen molar-refractivity contribution in [3.05, 3.63) is 95.2 Å². The third-order valence-electron chi connectivity index (χ3n) is 9.97. The van der Waals surface area contributed by atoms with Crippen LogP contribution in [0.4, 0.5) is 16.3 Å². The first-order valence-corrected chi connectivity index (χ1v) is 18.0. The van der Waals surface area contributed by atoms with E-state index in [0.29, 0.717) is 35.4 Å². The molecule has 2 aliphatic rings. The van der Waals surface area contributed by atoms with E-state index in [4.69, 9.17) is 14.6 Å². The fraction of sp³-hybridized carbons (Fsp3) is 0.439. The molecule has 4 aromatic rings.